The predicted octanol–water partition coefficient (Wildman–Crippen LogP) is 1.09. The minimum Gasteiger partial charge on any atom is -0.361 e. The summed E-state index contributed by atoms with van der Waals surface area (Å²) in [6.07, 6.45) is 6.51. The van der Waals surface area contributed by atoms with Crippen LogP contribution in [0.4, 0.5) is 0 Å². The molecular weight excluding hydrogens is 190 g/mol. The highest BCUT2D eigenvalue weighted by Crippen LogP contribution is 2.13. The van der Waals surface area contributed by atoms with Crippen LogP contribution in [0.5, 0.6) is 0 Å². The Hall–Kier alpha value is -0.500. The number of H-pyrrole nitrogens is 1. The van der Waals surface area contributed by atoms with Gasteiger partial charge in [-0.3, -0.25) is 0 Å². The van der Waals surface area contributed by atoms with E-state index >= 15 is 0 Å². The molecule has 0 aliphatic heterocycles. The number of fused-ring (bicyclic) bond motifs is 1. The van der Waals surface area contributed by atoms with Crippen molar-refractivity contribution in [3.05, 3.63) is 22.8 Å². The lowest BCUT2D eigenvalue weighted by molar-refractivity contribution is 1.09. The first-order valence-corrected chi connectivity index (χ1v) is 4.19. The lowest BCUT2D eigenvalue weighted by Gasteiger charge is -1.98. The van der Waals surface area contributed by atoms with E-state index < -0.39 is 0 Å². The number of hydrogen-bond donors (Lipinski definition) is 1. The Balaban J connectivity index is 2.91. The first-order valence-electron chi connectivity index (χ1n) is 3.40. The van der Waals surface area contributed by atoms with Gasteiger partial charge in [0.2, 0.25) is 0 Å². The van der Waals surface area contributed by atoms with Crippen LogP contribution in [0.2, 0.25) is 0 Å². The van der Waals surface area contributed by atoms with Crippen molar-refractivity contribution in [2.45, 2.75) is 12.8 Å². The molecule has 10 heavy (non-hydrogen) atoms. The van der Waals surface area contributed by atoms with Gasteiger partial charge in [-0.25, -0.2) is 0 Å². The smallest absolute Gasteiger partial charge is 0.0421 e. The summed E-state index contributed by atoms with van der Waals surface area (Å²) in [4.78, 5) is 3.18. The maximum Gasteiger partial charge on any atom is 0.0421 e. The molecule has 1 aromatic heterocycles. The van der Waals surface area contributed by atoms with Gasteiger partial charge in [0.05, 0.1) is 0 Å². The SMILES string of the molecule is BrC1=c2cc[nH]c2=CCC1. The highest BCUT2D eigenvalue weighted by molar-refractivity contribution is 9.14. The Bertz CT molecular complexity index is 348. The molecule has 1 heterocycles. The number of aromatic amines is 1. The Morgan fingerprint density at radius 3 is 3.20 bits per heavy atom. The van der Waals surface area contributed by atoms with E-state index in [1.807, 2.05) is 6.20 Å². The summed E-state index contributed by atoms with van der Waals surface area (Å²) >= 11 is 3.54. The second kappa shape index (κ2) is 2.27. The molecule has 1 aliphatic rings. The first kappa shape index (κ1) is 6.23. The molecule has 0 saturated heterocycles. The van der Waals surface area contributed by atoms with E-state index in [1.165, 1.54) is 15.1 Å². The van der Waals surface area contributed by atoms with Gasteiger partial charge in [0, 0.05) is 21.2 Å². The summed E-state index contributed by atoms with van der Waals surface area (Å²) in [5, 5.41) is 2.59. The number of hydrogen-bond acceptors (Lipinski definition) is 0. The molecule has 0 amide bonds. The van der Waals surface area contributed by atoms with Gasteiger partial charge in [-0.1, -0.05) is 22.0 Å². The Morgan fingerprint density at radius 2 is 2.40 bits per heavy atom. The van der Waals surface area contributed by atoms with Gasteiger partial charge in [0.15, 0.2) is 0 Å². The van der Waals surface area contributed by atoms with Crippen molar-refractivity contribution in [1.82, 2.24) is 4.98 Å². The topological polar surface area (TPSA) is 15.8 Å². The fourth-order valence-electron chi connectivity index (χ4n) is 1.27. The van der Waals surface area contributed by atoms with Crippen molar-refractivity contribution in [3.8, 4) is 0 Å². The van der Waals surface area contributed by atoms with E-state index in [4.69, 9.17) is 0 Å². The molecule has 0 fully saturated rings. The maximum absolute atomic E-state index is 3.54. The van der Waals surface area contributed by atoms with Crippen LogP contribution in [0.3, 0.4) is 0 Å². The van der Waals surface area contributed by atoms with E-state index in [2.05, 4.69) is 33.1 Å². The normalized spacial score (nSPS) is 16.3. The van der Waals surface area contributed by atoms with Crippen molar-refractivity contribution in [2.24, 2.45) is 0 Å². The minimum atomic E-state index is 1.14. The van der Waals surface area contributed by atoms with Crippen LogP contribution >= 0.6 is 15.9 Å². The molecule has 0 bridgehead atoms. The van der Waals surface area contributed by atoms with E-state index in [0.717, 1.165) is 12.8 Å². The van der Waals surface area contributed by atoms with Gasteiger partial charge in [-0.05, 0) is 18.9 Å². The monoisotopic (exact) mass is 197 g/mol. The van der Waals surface area contributed by atoms with Gasteiger partial charge < -0.3 is 4.98 Å². The largest absolute Gasteiger partial charge is 0.361 e. The third-order valence-electron chi connectivity index (χ3n) is 1.78. The Morgan fingerprint density at radius 1 is 1.50 bits per heavy atom. The van der Waals surface area contributed by atoms with Crippen molar-refractivity contribution in [1.29, 1.82) is 0 Å². The molecular formula is C8H8BrN. The number of aromatic nitrogens is 1. The summed E-state index contributed by atoms with van der Waals surface area (Å²) < 4.78 is 1.33. The zero-order valence-electron chi connectivity index (χ0n) is 5.52. The quantitative estimate of drug-likeness (QED) is 0.642. The fourth-order valence-corrected chi connectivity index (χ4v) is 1.84. The molecule has 0 spiro atoms. The molecule has 52 valence electrons. The molecule has 2 rings (SSSR count). The van der Waals surface area contributed by atoms with E-state index in [0.29, 0.717) is 0 Å². The van der Waals surface area contributed by atoms with Gasteiger partial charge in [-0.15, -0.1) is 0 Å². The molecule has 1 aliphatic carbocycles. The van der Waals surface area contributed by atoms with E-state index in [9.17, 15) is 0 Å². The number of rotatable bonds is 0. The van der Waals surface area contributed by atoms with Gasteiger partial charge >= 0.3 is 0 Å². The number of halogens is 1. The molecule has 1 nitrogen and oxygen atoms in total. The molecule has 2 heteroatoms. The van der Waals surface area contributed by atoms with Crippen LogP contribution < -0.4 is 10.6 Å². The standard InChI is InChI=1S/C8H8BrN/c9-7-2-1-3-8-6(7)4-5-10-8/h3-5,10H,1-2H2. The van der Waals surface area contributed by atoms with E-state index in [1.54, 1.807) is 0 Å². The minimum absolute atomic E-state index is 1.14. The zero-order valence-corrected chi connectivity index (χ0v) is 7.11. The summed E-state index contributed by atoms with van der Waals surface area (Å²) in [6.45, 7) is 0. The second-order valence-electron chi connectivity index (χ2n) is 2.45. The zero-order chi connectivity index (χ0) is 6.97. The Labute approximate surface area is 67.6 Å². The van der Waals surface area contributed by atoms with Crippen LogP contribution in [-0.2, 0) is 0 Å². The Kier molecular flexibility index (Phi) is 1.42. The van der Waals surface area contributed by atoms with Crippen LogP contribution in [0.15, 0.2) is 12.3 Å². The molecule has 0 aromatic carbocycles. The van der Waals surface area contributed by atoms with Crippen LogP contribution in [0.1, 0.15) is 12.8 Å². The average Bonchev–Trinajstić information content (AvgIpc) is 2.36. The molecule has 0 radical (unpaired) electrons. The maximum atomic E-state index is 3.54. The van der Waals surface area contributed by atoms with Gasteiger partial charge in [-0.2, -0.15) is 0 Å². The summed E-state index contributed by atoms with van der Waals surface area (Å²) in [5.74, 6) is 0. The molecule has 0 saturated carbocycles. The molecule has 1 aromatic rings. The third-order valence-corrected chi connectivity index (χ3v) is 2.61. The number of nitrogens with one attached hydrogen (secondary N) is 1. The predicted molar refractivity (Wildman–Crippen MR) is 46.1 cm³/mol. The van der Waals surface area contributed by atoms with Gasteiger partial charge in [0.1, 0.15) is 0 Å². The van der Waals surface area contributed by atoms with Crippen LogP contribution in [0.25, 0.3) is 10.6 Å². The lowest BCUT2D eigenvalue weighted by atomic mass is 10.2. The van der Waals surface area contributed by atoms with Crippen molar-refractivity contribution < 1.29 is 0 Å². The highest BCUT2D eigenvalue weighted by atomic mass is 79.9. The fraction of sp³-hybridized carbons (Fsp3) is 0.250. The summed E-state index contributed by atoms with van der Waals surface area (Å²) in [7, 11) is 0. The summed E-state index contributed by atoms with van der Waals surface area (Å²) in [6, 6.07) is 2.11. The van der Waals surface area contributed by atoms with Gasteiger partial charge in [0.25, 0.3) is 0 Å². The van der Waals surface area contributed by atoms with Crippen molar-refractivity contribution >= 4 is 26.5 Å². The lowest BCUT2D eigenvalue weighted by Crippen LogP contribution is -2.25. The van der Waals surface area contributed by atoms with E-state index in [-0.39, 0.29) is 0 Å². The molecule has 0 unspecified atom stereocenters. The second-order valence-corrected chi connectivity index (χ2v) is 3.41. The summed E-state index contributed by atoms with van der Waals surface area (Å²) in [5.41, 5.74) is 0. The van der Waals surface area contributed by atoms with Crippen LogP contribution in [0, 0.1) is 0 Å². The third kappa shape index (κ3) is 0.833. The van der Waals surface area contributed by atoms with Crippen LogP contribution in [-0.4, -0.2) is 4.98 Å². The molecule has 0 atom stereocenters. The van der Waals surface area contributed by atoms with Crippen molar-refractivity contribution in [2.75, 3.05) is 0 Å². The van der Waals surface area contributed by atoms with Crippen molar-refractivity contribution in [3.63, 3.8) is 0 Å². The average molecular weight is 198 g/mol. The highest BCUT2D eigenvalue weighted by Gasteiger charge is 1.99. The first-order chi connectivity index (χ1) is 4.88. The molecule has 1 N–H and O–H groups in total.